The minimum Gasteiger partial charge on any atom is -0.350 e. The molecule has 9 heteroatoms. The fourth-order valence-corrected chi connectivity index (χ4v) is 8.01. The maximum Gasteiger partial charge on any atom is 0.227 e. The number of hydrogen-bond donors (Lipinski definition) is 5. The molecule has 4 aliphatic rings. The predicted octanol–water partition coefficient (Wildman–Crippen LogP) is 1.67. The lowest BCUT2D eigenvalue weighted by Crippen LogP contribution is -2.64. The highest BCUT2D eigenvalue weighted by Gasteiger charge is 2.43. The Balaban J connectivity index is 1.43. The number of nitrogens with zero attached hydrogens (tertiary/aromatic N) is 2. The van der Waals surface area contributed by atoms with Crippen LogP contribution in [0.15, 0.2) is 0 Å². The van der Waals surface area contributed by atoms with Gasteiger partial charge in [0, 0.05) is 37.1 Å². The molecule has 7 N–H and O–H groups in total. The molecule has 5 atom stereocenters. The van der Waals surface area contributed by atoms with Gasteiger partial charge in [-0.3, -0.25) is 9.69 Å². The van der Waals surface area contributed by atoms with Crippen LogP contribution in [0.1, 0.15) is 70.6 Å². The summed E-state index contributed by atoms with van der Waals surface area (Å²) in [4.78, 5) is 18.8. The van der Waals surface area contributed by atoms with Gasteiger partial charge in [0.25, 0.3) is 0 Å². The first-order valence-electron chi connectivity index (χ1n) is 15.0. The van der Waals surface area contributed by atoms with E-state index in [1.54, 1.807) is 0 Å². The number of carbonyl (C=O) groups excluding carboxylic acids is 1. The molecule has 4 fully saturated rings. The minimum absolute atomic E-state index is 0.00588. The Morgan fingerprint density at radius 1 is 1.08 bits per heavy atom. The summed E-state index contributed by atoms with van der Waals surface area (Å²) < 4.78 is 0. The second-order valence-electron chi connectivity index (χ2n) is 12.9. The van der Waals surface area contributed by atoms with E-state index in [4.69, 9.17) is 23.1 Å². The number of halogens is 1. The summed E-state index contributed by atoms with van der Waals surface area (Å²) in [7, 11) is 4.33. The molecular weight excluding hydrogens is 486 g/mol. The molecule has 1 saturated carbocycles. The molecule has 0 aromatic carbocycles. The fourth-order valence-electron chi connectivity index (χ4n) is 7.81. The number of alkyl halides is 1. The van der Waals surface area contributed by atoms with Crippen LogP contribution < -0.4 is 27.4 Å². The zero-order chi connectivity index (χ0) is 26.4. The van der Waals surface area contributed by atoms with Crippen LogP contribution in [0.3, 0.4) is 0 Å². The molecule has 0 aromatic rings. The van der Waals surface area contributed by atoms with Crippen LogP contribution in [0.4, 0.5) is 0 Å². The molecule has 1 aliphatic carbocycles. The highest BCUT2D eigenvalue weighted by molar-refractivity contribution is 6.20. The summed E-state index contributed by atoms with van der Waals surface area (Å²) in [5.74, 6) is 0.310. The first kappa shape index (κ1) is 29.5. The number of nitrogens with one attached hydrogen (secondary N) is 3. The molecule has 0 aromatic heterocycles. The van der Waals surface area contributed by atoms with Gasteiger partial charge in [0.2, 0.25) is 5.91 Å². The van der Waals surface area contributed by atoms with Crippen LogP contribution in [-0.2, 0) is 4.79 Å². The Labute approximate surface area is 230 Å². The van der Waals surface area contributed by atoms with E-state index in [0.29, 0.717) is 12.6 Å². The van der Waals surface area contributed by atoms with Crippen molar-refractivity contribution in [2.24, 2.45) is 28.7 Å². The van der Waals surface area contributed by atoms with E-state index in [1.807, 2.05) is 0 Å². The van der Waals surface area contributed by atoms with Crippen LogP contribution >= 0.6 is 11.6 Å². The third-order valence-corrected chi connectivity index (χ3v) is 10.2. The molecule has 1 amide bonds. The Morgan fingerprint density at radius 3 is 2.49 bits per heavy atom. The van der Waals surface area contributed by atoms with Crippen molar-refractivity contribution < 1.29 is 4.79 Å². The summed E-state index contributed by atoms with van der Waals surface area (Å²) in [5.41, 5.74) is 13.0. The smallest absolute Gasteiger partial charge is 0.227 e. The van der Waals surface area contributed by atoms with E-state index < -0.39 is 12.1 Å². The molecule has 0 radical (unpaired) electrons. The average Bonchev–Trinajstić information content (AvgIpc) is 2.86. The maximum absolute atomic E-state index is 13.9. The van der Waals surface area contributed by atoms with Crippen molar-refractivity contribution in [1.82, 2.24) is 25.8 Å². The number of piperidine rings is 2. The highest BCUT2D eigenvalue weighted by Crippen LogP contribution is 2.46. The van der Waals surface area contributed by atoms with Crippen molar-refractivity contribution in [2.45, 2.75) is 100 Å². The van der Waals surface area contributed by atoms with Crippen molar-refractivity contribution in [3.8, 4) is 0 Å². The first-order valence-corrected chi connectivity index (χ1v) is 15.5. The standard InChI is InChI=1S/C28H54ClN7O/c1-35(2)19-20-8-14-36(15-9-20)24-7-13-32-18-23(24)34-27(37)25(26(30)31)22-16-28(10-4-3-5-11-28)12-6-21(29)17-33-22/h20-26,32-33H,3-19,30-31H2,1-2H3,(H,34,37). The molecule has 0 bridgehead atoms. The van der Waals surface area contributed by atoms with Gasteiger partial charge in [-0.05, 0) is 96.4 Å². The lowest BCUT2D eigenvalue weighted by Gasteiger charge is -2.46. The molecule has 37 heavy (non-hydrogen) atoms. The summed E-state index contributed by atoms with van der Waals surface area (Å²) in [6.07, 6.45) is 12.3. The van der Waals surface area contributed by atoms with Gasteiger partial charge < -0.3 is 32.3 Å². The number of amides is 1. The van der Waals surface area contributed by atoms with Crippen molar-refractivity contribution in [3.63, 3.8) is 0 Å². The normalized spacial score (nSPS) is 33.3. The van der Waals surface area contributed by atoms with E-state index in [1.165, 1.54) is 44.9 Å². The number of rotatable bonds is 7. The quantitative estimate of drug-likeness (QED) is 0.247. The zero-order valence-corrected chi connectivity index (χ0v) is 24.2. The number of likely N-dealkylation sites (tertiary alicyclic amines) is 1. The van der Waals surface area contributed by atoms with Gasteiger partial charge in [-0.25, -0.2) is 0 Å². The molecule has 214 valence electrons. The van der Waals surface area contributed by atoms with E-state index in [2.05, 4.69) is 39.8 Å². The SMILES string of the molecule is CN(C)CC1CCN(C2CCNCC2NC(=O)C(C(N)N)C2CC3(CCCCC3)CCC(Cl)CN2)CC1. The third-order valence-electron chi connectivity index (χ3n) is 9.82. The van der Waals surface area contributed by atoms with Crippen molar-refractivity contribution >= 4 is 17.5 Å². The summed E-state index contributed by atoms with van der Waals surface area (Å²) in [6.45, 7) is 5.88. The molecule has 1 spiro atoms. The van der Waals surface area contributed by atoms with E-state index in [-0.39, 0.29) is 28.8 Å². The largest absolute Gasteiger partial charge is 0.350 e. The van der Waals surface area contributed by atoms with Gasteiger partial charge in [-0.1, -0.05) is 19.3 Å². The van der Waals surface area contributed by atoms with E-state index in [0.717, 1.165) is 64.3 Å². The van der Waals surface area contributed by atoms with Crippen LogP contribution in [0.2, 0.25) is 0 Å². The number of carbonyl (C=O) groups is 1. The van der Waals surface area contributed by atoms with Crippen molar-refractivity contribution in [2.75, 3.05) is 53.4 Å². The average molecular weight is 540 g/mol. The van der Waals surface area contributed by atoms with Gasteiger partial charge in [0.15, 0.2) is 0 Å². The molecule has 4 rings (SSSR count). The summed E-state index contributed by atoms with van der Waals surface area (Å²) in [5, 5.41) is 10.7. The van der Waals surface area contributed by atoms with Crippen molar-refractivity contribution in [1.29, 1.82) is 0 Å². The van der Waals surface area contributed by atoms with Gasteiger partial charge in [-0.2, -0.15) is 0 Å². The van der Waals surface area contributed by atoms with Gasteiger partial charge in [0.1, 0.15) is 0 Å². The summed E-state index contributed by atoms with van der Waals surface area (Å²) >= 11 is 6.68. The highest BCUT2D eigenvalue weighted by atomic mass is 35.5. The second kappa shape index (κ2) is 13.7. The Hall–Kier alpha value is -0.480. The van der Waals surface area contributed by atoms with Gasteiger partial charge >= 0.3 is 0 Å². The summed E-state index contributed by atoms with van der Waals surface area (Å²) in [6, 6.07) is 0.393. The van der Waals surface area contributed by atoms with Crippen molar-refractivity contribution in [3.05, 3.63) is 0 Å². The van der Waals surface area contributed by atoms with Crippen LogP contribution in [0, 0.1) is 17.3 Å². The molecule has 3 aliphatic heterocycles. The lowest BCUT2D eigenvalue weighted by atomic mass is 9.65. The molecular formula is C28H54ClN7O. The molecule has 5 unspecified atom stereocenters. The maximum atomic E-state index is 13.9. The second-order valence-corrected chi connectivity index (χ2v) is 13.6. The monoisotopic (exact) mass is 539 g/mol. The van der Waals surface area contributed by atoms with Gasteiger partial charge in [0.05, 0.1) is 18.1 Å². The van der Waals surface area contributed by atoms with E-state index >= 15 is 0 Å². The lowest BCUT2D eigenvalue weighted by molar-refractivity contribution is -0.128. The van der Waals surface area contributed by atoms with Crippen LogP contribution in [0.25, 0.3) is 0 Å². The number of nitrogens with two attached hydrogens (primary N) is 2. The zero-order valence-electron chi connectivity index (χ0n) is 23.4. The van der Waals surface area contributed by atoms with Gasteiger partial charge in [-0.15, -0.1) is 11.6 Å². The number of hydrogen-bond acceptors (Lipinski definition) is 7. The third kappa shape index (κ3) is 8.03. The minimum atomic E-state index is -0.705. The van der Waals surface area contributed by atoms with Crippen LogP contribution in [0.5, 0.6) is 0 Å². The Bertz CT molecular complexity index is 709. The molecule has 3 saturated heterocycles. The Kier molecular flexibility index (Phi) is 10.9. The first-order chi connectivity index (χ1) is 17.8. The topological polar surface area (TPSA) is 112 Å². The Morgan fingerprint density at radius 2 is 1.81 bits per heavy atom. The van der Waals surface area contributed by atoms with E-state index in [9.17, 15) is 4.79 Å². The molecule has 8 nitrogen and oxygen atoms in total. The molecule has 3 heterocycles. The predicted molar refractivity (Wildman–Crippen MR) is 153 cm³/mol. The van der Waals surface area contributed by atoms with Crippen LogP contribution in [-0.4, -0.2) is 98.7 Å². The fraction of sp³-hybridized carbons (Fsp3) is 0.964.